The van der Waals surface area contributed by atoms with Gasteiger partial charge in [0.25, 0.3) is 11.5 Å². The van der Waals surface area contributed by atoms with Crippen LogP contribution in [0.2, 0.25) is 0 Å². The molecular formula is C19H21FN4O3. The van der Waals surface area contributed by atoms with Crippen molar-refractivity contribution in [3.05, 3.63) is 63.8 Å². The Bertz CT molecular complexity index is 863. The molecular weight excluding hydrogens is 351 g/mol. The molecule has 0 unspecified atom stereocenters. The molecule has 0 radical (unpaired) electrons. The summed E-state index contributed by atoms with van der Waals surface area (Å²) >= 11 is 0. The summed E-state index contributed by atoms with van der Waals surface area (Å²) in [5, 5.41) is 6.02. The van der Waals surface area contributed by atoms with Crippen molar-refractivity contribution in [2.24, 2.45) is 0 Å². The fraction of sp³-hybridized carbons (Fsp3) is 0.368. The molecule has 0 aliphatic carbocycles. The van der Waals surface area contributed by atoms with Crippen LogP contribution in [-0.4, -0.2) is 58.0 Å². The Morgan fingerprint density at radius 3 is 2.52 bits per heavy atom. The van der Waals surface area contributed by atoms with Gasteiger partial charge in [0.1, 0.15) is 11.5 Å². The lowest BCUT2D eigenvalue weighted by atomic mass is 10.1. The number of nitrogens with one attached hydrogen (secondary N) is 1. The van der Waals surface area contributed by atoms with Crippen molar-refractivity contribution in [1.29, 1.82) is 0 Å². The van der Waals surface area contributed by atoms with E-state index in [0.29, 0.717) is 44.6 Å². The van der Waals surface area contributed by atoms with E-state index in [2.05, 4.69) is 10.2 Å². The third kappa shape index (κ3) is 4.78. The van der Waals surface area contributed by atoms with Crippen LogP contribution in [0.1, 0.15) is 28.9 Å². The maximum Gasteiger partial charge on any atom is 0.274 e. The first-order valence-corrected chi connectivity index (χ1v) is 8.91. The SMILES string of the molecule is O=C(CCc1ccccc1F)N1CCCN(C(=O)c2ccc(=O)[nH]n2)CC1. The number of rotatable bonds is 4. The number of halogens is 1. The molecule has 0 saturated carbocycles. The molecule has 1 aromatic heterocycles. The summed E-state index contributed by atoms with van der Waals surface area (Å²) in [7, 11) is 0. The molecule has 0 atom stereocenters. The predicted octanol–water partition coefficient (Wildman–Crippen LogP) is 1.22. The van der Waals surface area contributed by atoms with E-state index in [-0.39, 0.29) is 35.3 Å². The summed E-state index contributed by atoms with van der Waals surface area (Å²) in [5.41, 5.74) is 0.338. The second-order valence-electron chi connectivity index (χ2n) is 6.42. The molecule has 1 aliphatic heterocycles. The standard InChI is InChI=1S/C19H21FN4O3/c20-15-5-2-1-4-14(15)6-9-18(26)23-10-3-11-24(13-12-23)19(27)16-7-8-17(25)22-21-16/h1-2,4-5,7-8H,3,6,9-13H2,(H,22,25). The number of carbonyl (C=O) groups is 2. The van der Waals surface area contributed by atoms with Crippen LogP contribution < -0.4 is 5.56 Å². The number of H-pyrrole nitrogens is 1. The van der Waals surface area contributed by atoms with E-state index in [1.807, 2.05) is 0 Å². The van der Waals surface area contributed by atoms with E-state index in [1.165, 1.54) is 18.2 Å². The summed E-state index contributed by atoms with van der Waals surface area (Å²) in [6.07, 6.45) is 1.24. The summed E-state index contributed by atoms with van der Waals surface area (Å²) in [5.74, 6) is -0.618. The number of hydrogen-bond acceptors (Lipinski definition) is 4. The van der Waals surface area contributed by atoms with Crippen LogP contribution in [0.3, 0.4) is 0 Å². The summed E-state index contributed by atoms with van der Waals surface area (Å²) in [6.45, 7) is 1.88. The monoisotopic (exact) mass is 372 g/mol. The first-order chi connectivity index (χ1) is 13.0. The molecule has 0 spiro atoms. The first kappa shape index (κ1) is 18.8. The average Bonchev–Trinajstić information content (AvgIpc) is 2.93. The van der Waals surface area contributed by atoms with Gasteiger partial charge >= 0.3 is 0 Å². The van der Waals surface area contributed by atoms with Gasteiger partial charge in [0.2, 0.25) is 5.91 Å². The zero-order valence-corrected chi connectivity index (χ0v) is 14.9. The van der Waals surface area contributed by atoms with E-state index < -0.39 is 0 Å². The second kappa shape index (κ2) is 8.57. The zero-order valence-electron chi connectivity index (χ0n) is 14.9. The Hall–Kier alpha value is -3.03. The summed E-state index contributed by atoms with van der Waals surface area (Å²) < 4.78 is 13.7. The molecule has 1 aromatic carbocycles. The second-order valence-corrected chi connectivity index (χ2v) is 6.42. The van der Waals surface area contributed by atoms with Crippen LogP contribution in [0.4, 0.5) is 4.39 Å². The van der Waals surface area contributed by atoms with Gasteiger partial charge < -0.3 is 9.80 Å². The van der Waals surface area contributed by atoms with Gasteiger partial charge in [-0.25, -0.2) is 9.49 Å². The van der Waals surface area contributed by atoms with Crippen LogP contribution >= 0.6 is 0 Å². The molecule has 2 aromatic rings. The average molecular weight is 372 g/mol. The number of aryl methyl sites for hydroxylation is 1. The Balaban J connectivity index is 1.55. The predicted molar refractivity (Wildman–Crippen MR) is 96.7 cm³/mol. The number of hydrogen-bond donors (Lipinski definition) is 1. The van der Waals surface area contributed by atoms with Gasteiger partial charge in [0, 0.05) is 38.7 Å². The van der Waals surface area contributed by atoms with Crippen molar-refractivity contribution in [2.45, 2.75) is 19.3 Å². The number of aromatic nitrogens is 2. The Morgan fingerprint density at radius 1 is 1.04 bits per heavy atom. The lowest BCUT2D eigenvalue weighted by Gasteiger charge is -2.22. The van der Waals surface area contributed by atoms with Gasteiger partial charge in [-0.05, 0) is 30.5 Å². The minimum absolute atomic E-state index is 0.0466. The highest BCUT2D eigenvalue weighted by molar-refractivity contribution is 5.92. The van der Waals surface area contributed by atoms with Gasteiger partial charge in [-0.1, -0.05) is 18.2 Å². The van der Waals surface area contributed by atoms with Gasteiger partial charge in [0.05, 0.1) is 0 Å². The van der Waals surface area contributed by atoms with Gasteiger partial charge in [0.15, 0.2) is 0 Å². The number of aromatic amines is 1. The summed E-state index contributed by atoms with van der Waals surface area (Å²) in [6, 6.07) is 9.10. The Morgan fingerprint density at radius 2 is 1.78 bits per heavy atom. The van der Waals surface area contributed by atoms with Crippen LogP contribution in [-0.2, 0) is 11.2 Å². The number of benzene rings is 1. The quantitative estimate of drug-likeness (QED) is 0.874. The van der Waals surface area contributed by atoms with Gasteiger partial charge in [-0.15, -0.1) is 0 Å². The van der Waals surface area contributed by atoms with Crippen molar-refractivity contribution < 1.29 is 14.0 Å². The highest BCUT2D eigenvalue weighted by atomic mass is 19.1. The molecule has 1 saturated heterocycles. The molecule has 8 heteroatoms. The lowest BCUT2D eigenvalue weighted by molar-refractivity contribution is -0.131. The van der Waals surface area contributed by atoms with Crippen LogP contribution in [0.25, 0.3) is 0 Å². The number of carbonyl (C=O) groups excluding carboxylic acids is 2. The molecule has 0 bridgehead atoms. The fourth-order valence-electron chi connectivity index (χ4n) is 3.10. The van der Waals surface area contributed by atoms with Crippen LogP contribution in [0.5, 0.6) is 0 Å². The topological polar surface area (TPSA) is 86.4 Å². The van der Waals surface area contributed by atoms with E-state index >= 15 is 0 Å². The largest absolute Gasteiger partial charge is 0.341 e. The van der Waals surface area contributed by atoms with Crippen molar-refractivity contribution in [3.63, 3.8) is 0 Å². The third-order valence-corrected chi connectivity index (χ3v) is 4.60. The molecule has 7 nitrogen and oxygen atoms in total. The molecule has 3 rings (SSSR count). The zero-order chi connectivity index (χ0) is 19.2. The van der Waals surface area contributed by atoms with Gasteiger partial charge in [-0.3, -0.25) is 14.4 Å². The van der Waals surface area contributed by atoms with Crippen molar-refractivity contribution in [3.8, 4) is 0 Å². The minimum atomic E-state index is -0.367. The van der Waals surface area contributed by atoms with E-state index in [4.69, 9.17) is 0 Å². The number of amides is 2. The maximum atomic E-state index is 13.7. The first-order valence-electron chi connectivity index (χ1n) is 8.91. The number of nitrogens with zero attached hydrogens (tertiary/aromatic N) is 3. The Kier molecular flexibility index (Phi) is 5.95. The normalized spacial score (nSPS) is 14.7. The highest BCUT2D eigenvalue weighted by Crippen LogP contribution is 2.12. The van der Waals surface area contributed by atoms with Crippen molar-refractivity contribution in [1.82, 2.24) is 20.0 Å². The smallest absolute Gasteiger partial charge is 0.274 e. The lowest BCUT2D eigenvalue weighted by Crippen LogP contribution is -2.38. The van der Waals surface area contributed by atoms with E-state index in [0.717, 1.165) is 0 Å². The van der Waals surface area contributed by atoms with E-state index in [9.17, 15) is 18.8 Å². The highest BCUT2D eigenvalue weighted by Gasteiger charge is 2.23. The molecule has 2 heterocycles. The maximum absolute atomic E-state index is 13.7. The van der Waals surface area contributed by atoms with Crippen LogP contribution in [0, 0.1) is 5.82 Å². The fourth-order valence-corrected chi connectivity index (χ4v) is 3.10. The molecule has 1 N–H and O–H groups in total. The Labute approximate surface area is 155 Å². The third-order valence-electron chi connectivity index (χ3n) is 4.60. The molecule has 1 aliphatic rings. The molecule has 2 amide bonds. The summed E-state index contributed by atoms with van der Waals surface area (Å²) in [4.78, 5) is 39.4. The van der Waals surface area contributed by atoms with Crippen molar-refractivity contribution >= 4 is 11.8 Å². The van der Waals surface area contributed by atoms with E-state index in [1.54, 1.807) is 28.0 Å². The molecule has 142 valence electrons. The molecule has 27 heavy (non-hydrogen) atoms. The van der Waals surface area contributed by atoms with Crippen molar-refractivity contribution in [2.75, 3.05) is 26.2 Å². The van der Waals surface area contributed by atoms with Crippen LogP contribution in [0.15, 0.2) is 41.2 Å². The molecule has 1 fully saturated rings. The minimum Gasteiger partial charge on any atom is -0.341 e. The van der Waals surface area contributed by atoms with Gasteiger partial charge in [-0.2, -0.15) is 5.10 Å².